The Bertz CT molecular complexity index is 768. The van der Waals surface area contributed by atoms with Gasteiger partial charge in [-0.3, -0.25) is 14.5 Å². The summed E-state index contributed by atoms with van der Waals surface area (Å²) >= 11 is 0. The van der Waals surface area contributed by atoms with Crippen LogP contribution in [0.5, 0.6) is 0 Å². The van der Waals surface area contributed by atoms with Crippen molar-refractivity contribution >= 4 is 17.8 Å². The Labute approximate surface area is 146 Å². The Morgan fingerprint density at radius 3 is 2.60 bits per heavy atom. The second-order valence-electron chi connectivity index (χ2n) is 6.95. The molecular weight excluding hydrogens is 320 g/mol. The van der Waals surface area contributed by atoms with Gasteiger partial charge in [-0.15, -0.1) is 0 Å². The number of amides is 4. The molecule has 1 aliphatic heterocycles. The minimum atomic E-state index is -1.20. The molecule has 7 heteroatoms. The molecule has 1 aliphatic carbocycles. The number of hydrogen-bond donors (Lipinski definition) is 2. The lowest BCUT2D eigenvalue weighted by Gasteiger charge is -2.25. The van der Waals surface area contributed by atoms with E-state index in [1.54, 1.807) is 38.1 Å². The first kappa shape index (κ1) is 17.0. The summed E-state index contributed by atoms with van der Waals surface area (Å²) in [6.07, 6.45) is 1.78. The average molecular weight is 340 g/mol. The van der Waals surface area contributed by atoms with Gasteiger partial charge in [0.1, 0.15) is 17.6 Å². The third-order valence-corrected chi connectivity index (χ3v) is 4.95. The predicted octanol–water partition coefficient (Wildman–Crippen LogP) is 1.26. The van der Waals surface area contributed by atoms with E-state index in [4.69, 9.17) is 0 Å². The molecule has 1 aromatic rings. The number of nitriles is 1. The van der Waals surface area contributed by atoms with E-state index in [1.165, 1.54) is 0 Å². The summed E-state index contributed by atoms with van der Waals surface area (Å²) in [6, 6.07) is 10.4. The number of nitrogens with one attached hydrogen (secondary N) is 2. The van der Waals surface area contributed by atoms with Crippen LogP contribution in [-0.4, -0.2) is 34.8 Å². The normalized spacial score (nSPS) is 25.1. The molecule has 3 rings (SSSR count). The zero-order valence-electron chi connectivity index (χ0n) is 14.2. The molecule has 1 aromatic carbocycles. The molecule has 130 valence electrons. The highest BCUT2D eigenvalue weighted by Gasteiger charge is 2.50. The van der Waals surface area contributed by atoms with Gasteiger partial charge in [0.25, 0.3) is 5.91 Å². The first-order chi connectivity index (χ1) is 11.8. The molecule has 2 aliphatic rings. The zero-order chi connectivity index (χ0) is 18.2. The van der Waals surface area contributed by atoms with Crippen LogP contribution >= 0.6 is 0 Å². The quantitative estimate of drug-likeness (QED) is 0.788. The van der Waals surface area contributed by atoms with E-state index in [9.17, 15) is 19.6 Å². The third-order valence-electron chi connectivity index (χ3n) is 4.95. The molecule has 1 saturated heterocycles. The van der Waals surface area contributed by atoms with Crippen LogP contribution in [0.15, 0.2) is 30.3 Å². The Balaban J connectivity index is 1.73. The van der Waals surface area contributed by atoms with Crippen molar-refractivity contribution in [1.82, 2.24) is 15.5 Å². The van der Waals surface area contributed by atoms with Gasteiger partial charge in [0.05, 0.1) is 6.07 Å². The van der Waals surface area contributed by atoms with Crippen molar-refractivity contribution in [3.05, 3.63) is 35.9 Å². The van der Waals surface area contributed by atoms with E-state index in [0.717, 1.165) is 17.7 Å². The van der Waals surface area contributed by atoms with Crippen molar-refractivity contribution in [2.45, 2.75) is 37.8 Å². The maximum atomic E-state index is 12.8. The van der Waals surface area contributed by atoms with Crippen LogP contribution in [0.3, 0.4) is 0 Å². The number of nitrogens with zero attached hydrogens (tertiary/aromatic N) is 2. The molecule has 2 fully saturated rings. The molecule has 0 bridgehead atoms. The molecule has 2 atom stereocenters. The number of carbonyl (C=O) groups excluding carboxylic acids is 3. The molecule has 4 amide bonds. The van der Waals surface area contributed by atoms with Gasteiger partial charge in [0.2, 0.25) is 5.91 Å². The summed E-state index contributed by atoms with van der Waals surface area (Å²) in [6.45, 7) is 2.88. The van der Waals surface area contributed by atoms with E-state index in [-0.39, 0.29) is 5.92 Å². The number of rotatable bonds is 5. The summed E-state index contributed by atoms with van der Waals surface area (Å²) in [7, 11) is 0. The SMILES string of the molecule is C[C@]1(c2ccccc2)NC(=O)N(CC(=O)N[C@](C)(C#N)C2CC2)C1=O. The highest BCUT2D eigenvalue weighted by molar-refractivity contribution is 6.09. The molecular formula is C18H20N4O3. The summed E-state index contributed by atoms with van der Waals surface area (Å²) in [5.74, 6) is -0.875. The largest absolute Gasteiger partial charge is 0.336 e. The van der Waals surface area contributed by atoms with Crippen molar-refractivity contribution in [2.75, 3.05) is 6.54 Å². The smallest absolute Gasteiger partial charge is 0.325 e. The molecule has 0 unspecified atom stereocenters. The van der Waals surface area contributed by atoms with Crippen LogP contribution in [0.4, 0.5) is 4.79 Å². The molecule has 2 N–H and O–H groups in total. The Kier molecular flexibility index (Phi) is 3.99. The molecule has 1 heterocycles. The Hall–Kier alpha value is -2.88. The molecule has 7 nitrogen and oxygen atoms in total. The van der Waals surface area contributed by atoms with Gasteiger partial charge in [0.15, 0.2) is 0 Å². The van der Waals surface area contributed by atoms with Crippen molar-refractivity contribution in [2.24, 2.45) is 5.92 Å². The number of hydrogen-bond acceptors (Lipinski definition) is 4. The zero-order valence-corrected chi connectivity index (χ0v) is 14.2. The molecule has 0 aromatic heterocycles. The molecule has 25 heavy (non-hydrogen) atoms. The van der Waals surface area contributed by atoms with Gasteiger partial charge < -0.3 is 10.6 Å². The maximum absolute atomic E-state index is 12.8. The van der Waals surface area contributed by atoms with E-state index in [0.29, 0.717) is 5.56 Å². The number of carbonyl (C=O) groups is 3. The number of urea groups is 1. The fraction of sp³-hybridized carbons (Fsp3) is 0.444. The number of benzene rings is 1. The highest BCUT2D eigenvalue weighted by atomic mass is 16.2. The lowest BCUT2D eigenvalue weighted by Crippen LogP contribution is -2.51. The summed E-state index contributed by atoms with van der Waals surface area (Å²) in [5.41, 5.74) is -1.51. The number of imide groups is 1. The van der Waals surface area contributed by atoms with Crippen LogP contribution in [0, 0.1) is 17.2 Å². The van der Waals surface area contributed by atoms with Crippen LogP contribution in [-0.2, 0) is 15.1 Å². The molecule has 0 radical (unpaired) electrons. The van der Waals surface area contributed by atoms with E-state index in [1.807, 2.05) is 6.07 Å². The van der Waals surface area contributed by atoms with Crippen molar-refractivity contribution in [3.63, 3.8) is 0 Å². The first-order valence-corrected chi connectivity index (χ1v) is 8.22. The van der Waals surface area contributed by atoms with Crippen LogP contribution in [0.25, 0.3) is 0 Å². The van der Waals surface area contributed by atoms with Gasteiger partial charge in [0, 0.05) is 0 Å². The predicted molar refractivity (Wildman–Crippen MR) is 88.9 cm³/mol. The standard InChI is InChI=1S/C18H20N4O3/c1-17(11-19,12-8-9-12)20-14(23)10-22-15(24)18(2,21-16(22)25)13-6-4-3-5-7-13/h3-7,12H,8-10H2,1-2H3,(H,20,23)(H,21,25)/t17-,18-/m1/s1. The van der Waals surface area contributed by atoms with Crippen LogP contribution in [0.1, 0.15) is 32.3 Å². The second kappa shape index (κ2) is 5.88. The van der Waals surface area contributed by atoms with E-state index >= 15 is 0 Å². The van der Waals surface area contributed by atoms with Crippen molar-refractivity contribution in [3.8, 4) is 6.07 Å². The topological polar surface area (TPSA) is 102 Å². The van der Waals surface area contributed by atoms with Crippen molar-refractivity contribution in [1.29, 1.82) is 5.26 Å². The minimum absolute atomic E-state index is 0.124. The highest BCUT2D eigenvalue weighted by Crippen LogP contribution is 2.39. The van der Waals surface area contributed by atoms with Gasteiger partial charge >= 0.3 is 6.03 Å². The van der Waals surface area contributed by atoms with E-state index < -0.39 is 35.5 Å². The first-order valence-electron chi connectivity index (χ1n) is 8.22. The van der Waals surface area contributed by atoms with Gasteiger partial charge in [-0.05, 0) is 38.2 Å². The van der Waals surface area contributed by atoms with Crippen LogP contribution in [0.2, 0.25) is 0 Å². The lowest BCUT2D eigenvalue weighted by atomic mass is 9.92. The molecule has 0 spiro atoms. The molecule has 1 saturated carbocycles. The monoisotopic (exact) mass is 340 g/mol. The fourth-order valence-corrected chi connectivity index (χ4v) is 3.16. The van der Waals surface area contributed by atoms with Gasteiger partial charge in [-0.2, -0.15) is 5.26 Å². The maximum Gasteiger partial charge on any atom is 0.325 e. The third kappa shape index (κ3) is 2.95. The average Bonchev–Trinajstić information content (AvgIpc) is 3.42. The van der Waals surface area contributed by atoms with E-state index in [2.05, 4.69) is 16.7 Å². The second-order valence-corrected chi connectivity index (χ2v) is 6.95. The fourth-order valence-electron chi connectivity index (χ4n) is 3.16. The van der Waals surface area contributed by atoms with Gasteiger partial charge in [-0.1, -0.05) is 30.3 Å². The lowest BCUT2D eigenvalue weighted by molar-refractivity contribution is -0.135. The summed E-state index contributed by atoms with van der Waals surface area (Å²) in [5, 5.41) is 14.6. The van der Waals surface area contributed by atoms with Crippen molar-refractivity contribution < 1.29 is 14.4 Å². The van der Waals surface area contributed by atoms with Crippen LogP contribution < -0.4 is 10.6 Å². The summed E-state index contributed by atoms with van der Waals surface area (Å²) in [4.78, 5) is 38.2. The summed E-state index contributed by atoms with van der Waals surface area (Å²) < 4.78 is 0. The Morgan fingerprint density at radius 1 is 1.40 bits per heavy atom. The van der Waals surface area contributed by atoms with Gasteiger partial charge in [-0.25, -0.2) is 4.79 Å². The minimum Gasteiger partial charge on any atom is -0.336 e. The Morgan fingerprint density at radius 2 is 2.04 bits per heavy atom.